The van der Waals surface area contributed by atoms with E-state index in [9.17, 15) is 9.59 Å². The number of nitrogens with one attached hydrogen (secondary N) is 1. The predicted octanol–water partition coefficient (Wildman–Crippen LogP) is 0.364. The van der Waals surface area contributed by atoms with Gasteiger partial charge in [0.1, 0.15) is 0 Å². The summed E-state index contributed by atoms with van der Waals surface area (Å²) in [5.41, 5.74) is 2.77. The van der Waals surface area contributed by atoms with Gasteiger partial charge in [-0.25, -0.2) is 5.43 Å². The third kappa shape index (κ3) is 1.40. The van der Waals surface area contributed by atoms with Gasteiger partial charge in [0.15, 0.2) is 16.6 Å². The Kier molecular flexibility index (Phi) is 1.96. The van der Waals surface area contributed by atoms with E-state index < -0.39 is 5.00 Å². The fraction of sp³-hybridized carbons (Fsp3) is 0.429. The molecule has 6 heteroatoms. The van der Waals surface area contributed by atoms with Crippen molar-refractivity contribution in [2.45, 2.75) is 11.4 Å². The van der Waals surface area contributed by atoms with Crippen LogP contribution in [0.1, 0.15) is 6.42 Å². The number of ketones is 2. The monoisotopic (exact) mass is 220 g/mol. The maximum Gasteiger partial charge on any atom is 0.194 e. The van der Waals surface area contributed by atoms with E-state index in [0.29, 0.717) is 6.67 Å². The third-order valence-electron chi connectivity index (χ3n) is 2.04. The Balaban J connectivity index is 2.33. The van der Waals surface area contributed by atoms with Crippen LogP contribution in [-0.4, -0.2) is 28.2 Å². The van der Waals surface area contributed by atoms with Crippen LogP contribution in [0, 0.1) is 0 Å². The number of hydrogen-bond acceptors (Lipinski definition) is 4. The number of carbonyl (C=O) groups excluding carboxylic acids is 2. The zero-order valence-corrected chi connectivity index (χ0v) is 8.02. The molecule has 1 fully saturated rings. The average molecular weight is 221 g/mol. The fourth-order valence-electron chi connectivity index (χ4n) is 1.20. The summed E-state index contributed by atoms with van der Waals surface area (Å²) in [6, 6.07) is 0. The van der Waals surface area contributed by atoms with Crippen LogP contribution in [0.3, 0.4) is 0 Å². The minimum atomic E-state index is -1.25. The van der Waals surface area contributed by atoms with Crippen LogP contribution in [-0.2, 0) is 9.59 Å². The first kappa shape index (κ1) is 9.15. The summed E-state index contributed by atoms with van der Waals surface area (Å²) >= 11 is 11.5. The van der Waals surface area contributed by atoms with Crippen LogP contribution in [0.5, 0.6) is 0 Å². The van der Waals surface area contributed by atoms with E-state index in [-0.39, 0.29) is 23.0 Å². The molecule has 0 spiro atoms. The molecule has 70 valence electrons. The fourth-order valence-corrected chi connectivity index (χ4v) is 1.67. The lowest BCUT2D eigenvalue weighted by Gasteiger charge is -2.26. The van der Waals surface area contributed by atoms with Gasteiger partial charge < -0.3 is 0 Å². The summed E-state index contributed by atoms with van der Waals surface area (Å²) in [6.45, 7) is 0.522. The topological polar surface area (TPSA) is 59.1 Å². The highest BCUT2D eigenvalue weighted by Crippen LogP contribution is 2.34. The summed E-state index contributed by atoms with van der Waals surface area (Å²) in [4.78, 5) is 21.4. The van der Waals surface area contributed by atoms with E-state index >= 15 is 0 Å². The highest BCUT2D eigenvalue weighted by Gasteiger charge is 2.50. The molecule has 0 aromatic heterocycles. The normalized spacial score (nSPS) is 38.9. The summed E-state index contributed by atoms with van der Waals surface area (Å²) in [5.74, 6) is -0.645. The molecule has 0 aromatic carbocycles. The molecular weight excluding hydrogens is 215 g/mol. The van der Waals surface area contributed by atoms with Crippen molar-refractivity contribution in [1.82, 2.24) is 10.4 Å². The molecule has 2 atom stereocenters. The van der Waals surface area contributed by atoms with Gasteiger partial charge in [0.25, 0.3) is 0 Å². The molecule has 2 rings (SSSR count). The molecule has 0 amide bonds. The molecule has 2 aliphatic rings. The lowest BCUT2D eigenvalue weighted by Crippen LogP contribution is -2.45. The summed E-state index contributed by atoms with van der Waals surface area (Å²) in [5, 5.41) is 1.47. The van der Waals surface area contributed by atoms with Gasteiger partial charge >= 0.3 is 0 Å². The summed E-state index contributed by atoms with van der Waals surface area (Å²) < 4.78 is 0. The van der Waals surface area contributed by atoms with Crippen molar-refractivity contribution in [2.24, 2.45) is 0 Å². The largest absolute Gasteiger partial charge is 0.293 e. The first-order valence-electron chi connectivity index (χ1n) is 3.69. The van der Waals surface area contributed by atoms with Crippen molar-refractivity contribution < 1.29 is 9.59 Å². The van der Waals surface area contributed by atoms with Crippen molar-refractivity contribution in [1.29, 1.82) is 0 Å². The number of halogens is 2. The van der Waals surface area contributed by atoms with Gasteiger partial charge in [-0.1, -0.05) is 23.2 Å². The molecule has 1 heterocycles. The smallest absolute Gasteiger partial charge is 0.194 e. The first-order chi connectivity index (χ1) is 6.04. The second-order valence-corrected chi connectivity index (χ2v) is 3.99. The van der Waals surface area contributed by atoms with E-state index in [2.05, 4.69) is 5.43 Å². The first-order valence-corrected chi connectivity index (χ1v) is 4.44. The molecule has 13 heavy (non-hydrogen) atoms. The molecule has 1 N–H and O–H groups in total. The molecule has 0 radical (unpaired) electrons. The van der Waals surface area contributed by atoms with Crippen molar-refractivity contribution >= 4 is 34.8 Å². The van der Waals surface area contributed by atoms with Crippen LogP contribution in [0.15, 0.2) is 11.1 Å². The highest BCUT2D eigenvalue weighted by atomic mass is 35.5. The van der Waals surface area contributed by atoms with Gasteiger partial charge in [-0.3, -0.25) is 9.59 Å². The molecule has 0 bridgehead atoms. The van der Waals surface area contributed by atoms with Gasteiger partial charge in [0, 0.05) is 6.08 Å². The molecule has 1 aliphatic heterocycles. The minimum absolute atomic E-state index is 0.0388. The van der Waals surface area contributed by atoms with Crippen LogP contribution in [0.4, 0.5) is 0 Å². The number of alkyl halides is 1. The Morgan fingerprint density at radius 1 is 1.54 bits per heavy atom. The van der Waals surface area contributed by atoms with Gasteiger partial charge in [0.05, 0.1) is 18.1 Å². The third-order valence-corrected chi connectivity index (χ3v) is 2.88. The molecule has 1 aliphatic carbocycles. The Labute approximate surface area is 84.4 Å². The Bertz CT molecular complexity index is 324. The standard InChI is InChI=1S/C7H6Cl2N2O2/c8-4-1-6(13)7(9,2-5(4)12)11-3-10-11/h1,10H,2-3H2. The zero-order valence-electron chi connectivity index (χ0n) is 6.51. The van der Waals surface area contributed by atoms with Crippen LogP contribution in [0.2, 0.25) is 0 Å². The lowest BCUT2D eigenvalue weighted by atomic mass is 9.99. The number of hydrazine groups is 1. The van der Waals surface area contributed by atoms with E-state index in [1.165, 1.54) is 5.01 Å². The molecule has 4 nitrogen and oxygen atoms in total. The predicted molar refractivity (Wildman–Crippen MR) is 47.0 cm³/mol. The maximum absolute atomic E-state index is 11.4. The number of carbonyl (C=O) groups is 2. The maximum atomic E-state index is 11.4. The van der Waals surface area contributed by atoms with Gasteiger partial charge in [0.2, 0.25) is 0 Å². The molecular formula is C7H6Cl2N2O2. The molecule has 0 aromatic rings. The second kappa shape index (κ2) is 2.78. The summed E-state index contributed by atoms with van der Waals surface area (Å²) in [6.07, 6.45) is 1.01. The van der Waals surface area contributed by atoms with E-state index in [0.717, 1.165) is 6.08 Å². The number of nitrogens with zero attached hydrogens (tertiary/aromatic N) is 1. The van der Waals surface area contributed by atoms with Crippen molar-refractivity contribution in [2.75, 3.05) is 6.67 Å². The van der Waals surface area contributed by atoms with Crippen LogP contribution >= 0.6 is 23.2 Å². The SMILES string of the molecule is O=C1CC(Cl)(N2CN2)C(=O)C=C1Cl. The molecule has 2 unspecified atom stereocenters. The van der Waals surface area contributed by atoms with Crippen molar-refractivity contribution in [3.05, 3.63) is 11.1 Å². The lowest BCUT2D eigenvalue weighted by molar-refractivity contribution is -0.126. The number of hydrogen-bond donors (Lipinski definition) is 1. The number of Topliss-reactive ketones (excluding diaryl/α,β-unsaturated/α-hetero) is 1. The average Bonchev–Trinajstić information content (AvgIpc) is 2.83. The van der Waals surface area contributed by atoms with Crippen molar-refractivity contribution in [3.63, 3.8) is 0 Å². The van der Waals surface area contributed by atoms with Crippen LogP contribution < -0.4 is 5.43 Å². The summed E-state index contributed by atoms with van der Waals surface area (Å²) in [7, 11) is 0. The van der Waals surface area contributed by atoms with E-state index in [1.807, 2.05) is 0 Å². The van der Waals surface area contributed by atoms with Gasteiger partial charge in [-0.2, -0.15) is 5.01 Å². The van der Waals surface area contributed by atoms with Crippen LogP contribution in [0.25, 0.3) is 0 Å². The van der Waals surface area contributed by atoms with E-state index in [1.54, 1.807) is 0 Å². The Morgan fingerprint density at radius 3 is 2.69 bits per heavy atom. The quantitative estimate of drug-likeness (QED) is 0.394. The number of rotatable bonds is 1. The van der Waals surface area contributed by atoms with E-state index in [4.69, 9.17) is 23.2 Å². The van der Waals surface area contributed by atoms with Gasteiger partial charge in [-0.15, -0.1) is 0 Å². The Morgan fingerprint density at radius 2 is 2.15 bits per heavy atom. The molecule has 1 saturated heterocycles. The second-order valence-electron chi connectivity index (χ2n) is 2.96. The molecule has 0 saturated carbocycles. The zero-order chi connectivity index (χ0) is 9.64. The Hall–Kier alpha value is -0.420. The minimum Gasteiger partial charge on any atom is -0.293 e. The highest BCUT2D eigenvalue weighted by molar-refractivity contribution is 6.49. The van der Waals surface area contributed by atoms with Crippen molar-refractivity contribution in [3.8, 4) is 0 Å². The number of allylic oxidation sites excluding steroid dienone is 1. The van der Waals surface area contributed by atoms with Gasteiger partial charge in [-0.05, 0) is 0 Å².